The van der Waals surface area contributed by atoms with Crippen LogP contribution in [0.15, 0.2) is 24.3 Å². The molecule has 3 aliphatic rings. The molecule has 5 rings (SSSR count). The number of nitrogens with zero attached hydrogens (tertiary/aromatic N) is 2. The van der Waals surface area contributed by atoms with Crippen LogP contribution < -0.4 is 18.9 Å². The van der Waals surface area contributed by atoms with Crippen molar-refractivity contribution >= 4 is 6.09 Å². The zero-order valence-electron chi connectivity index (χ0n) is 26.4. The Morgan fingerprint density at radius 1 is 0.833 bits per heavy atom. The maximum absolute atomic E-state index is 13.5. The maximum Gasteiger partial charge on any atom is 0.410 e. The number of piperidine rings is 1. The topological polar surface area (TPSA) is 69.7 Å². The summed E-state index contributed by atoms with van der Waals surface area (Å²) in [4.78, 5) is 18.1. The second-order valence-corrected chi connectivity index (χ2v) is 12.2. The van der Waals surface area contributed by atoms with Crippen LogP contribution in [0.2, 0.25) is 0 Å². The minimum absolute atomic E-state index is 0.0934. The van der Waals surface area contributed by atoms with Gasteiger partial charge in [0.1, 0.15) is 0 Å². The van der Waals surface area contributed by atoms with E-state index in [0.29, 0.717) is 30.2 Å². The van der Waals surface area contributed by atoms with Crippen LogP contribution in [0.1, 0.15) is 80.8 Å². The van der Waals surface area contributed by atoms with Crippen LogP contribution in [0, 0.1) is 11.8 Å². The molecule has 42 heavy (non-hydrogen) atoms. The van der Waals surface area contributed by atoms with Crippen LogP contribution >= 0.6 is 0 Å². The fourth-order valence-corrected chi connectivity index (χ4v) is 7.55. The van der Waals surface area contributed by atoms with E-state index in [1.54, 1.807) is 28.4 Å². The van der Waals surface area contributed by atoms with E-state index in [-0.39, 0.29) is 18.2 Å². The minimum Gasteiger partial charge on any atom is -0.493 e. The van der Waals surface area contributed by atoms with Crippen LogP contribution in [-0.2, 0) is 17.6 Å². The van der Waals surface area contributed by atoms with Gasteiger partial charge in [-0.2, -0.15) is 0 Å². The first-order chi connectivity index (χ1) is 20.3. The molecule has 0 aliphatic carbocycles. The van der Waals surface area contributed by atoms with Crippen LogP contribution in [0.4, 0.5) is 4.79 Å². The average Bonchev–Trinajstić information content (AvgIpc) is 2.99. The molecule has 2 aromatic carbocycles. The van der Waals surface area contributed by atoms with Gasteiger partial charge in [0.05, 0.1) is 40.6 Å². The minimum atomic E-state index is -0.236. The van der Waals surface area contributed by atoms with Crippen molar-refractivity contribution in [1.82, 2.24) is 9.80 Å². The molecule has 3 aliphatic heterocycles. The van der Waals surface area contributed by atoms with Crippen molar-refractivity contribution in [3.05, 3.63) is 46.5 Å². The molecule has 4 atom stereocenters. The van der Waals surface area contributed by atoms with Gasteiger partial charge in [0.2, 0.25) is 0 Å². The third kappa shape index (κ3) is 5.87. The molecule has 8 nitrogen and oxygen atoms in total. The number of ether oxygens (including phenoxy) is 5. The van der Waals surface area contributed by atoms with Gasteiger partial charge in [-0.1, -0.05) is 13.3 Å². The van der Waals surface area contributed by atoms with Crippen molar-refractivity contribution in [2.45, 2.75) is 77.5 Å². The van der Waals surface area contributed by atoms with Crippen molar-refractivity contribution in [3.8, 4) is 23.0 Å². The summed E-state index contributed by atoms with van der Waals surface area (Å²) in [5.41, 5.74) is 5.07. The molecule has 0 aromatic heterocycles. The Morgan fingerprint density at radius 3 is 2.00 bits per heavy atom. The predicted octanol–water partition coefficient (Wildman–Crippen LogP) is 6.59. The van der Waals surface area contributed by atoms with E-state index in [1.165, 1.54) is 23.1 Å². The molecule has 0 spiro atoms. The molecular weight excluding hydrogens is 532 g/mol. The highest BCUT2D eigenvalue weighted by Gasteiger charge is 2.42. The Morgan fingerprint density at radius 2 is 1.40 bits per heavy atom. The lowest BCUT2D eigenvalue weighted by Crippen LogP contribution is -2.48. The fourth-order valence-electron chi connectivity index (χ4n) is 7.55. The summed E-state index contributed by atoms with van der Waals surface area (Å²) in [6.45, 7) is 8.85. The molecule has 1 saturated heterocycles. The van der Waals surface area contributed by atoms with Gasteiger partial charge in [-0.3, -0.25) is 4.90 Å². The van der Waals surface area contributed by atoms with Gasteiger partial charge in [0.25, 0.3) is 0 Å². The van der Waals surface area contributed by atoms with Crippen LogP contribution in [0.25, 0.3) is 0 Å². The zero-order valence-corrected chi connectivity index (χ0v) is 26.4. The fraction of sp³-hybridized carbons (Fsp3) is 0.618. The predicted molar refractivity (Wildman–Crippen MR) is 163 cm³/mol. The number of fused-ring (bicyclic) bond motifs is 4. The lowest BCUT2D eigenvalue weighted by molar-refractivity contribution is 0.0210. The summed E-state index contributed by atoms with van der Waals surface area (Å²) in [6, 6.07) is 8.77. The van der Waals surface area contributed by atoms with Crippen molar-refractivity contribution in [2.24, 2.45) is 11.8 Å². The van der Waals surface area contributed by atoms with Crippen molar-refractivity contribution < 1.29 is 28.5 Å². The number of benzene rings is 2. The molecule has 230 valence electrons. The largest absolute Gasteiger partial charge is 0.493 e. The van der Waals surface area contributed by atoms with Crippen molar-refractivity contribution in [1.29, 1.82) is 0 Å². The summed E-state index contributed by atoms with van der Waals surface area (Å²) in [5, 5.41) is 0. The van der Waals surface area contributed by atoms with Gasteiger partial charge < -0.3 is 28.6 Å². The first kappa shape index (κ1) is 30.3. The highest BCUT2D eigenvalue weighted by atomic mass is 16.6. The molecule has 0 radical (unpaired) electrons. The van der Waals surface area contributed by atoms with Gasteiger partial charge in [0.15, 0.2) is 23.0 Å². The van der Waals surface area contributed by atoms with Crippen molar-refractivity contribution in [2.75, 3.05) is 48.1 Å². The number of methoxy groups -OCH3 is 4. The lowest BCUT2D eigenvalue weighted by Gasteiger charge is -2.49. The molecule has 1 fully saturated rings. The molecule has 3 heterocycles. The van der Waals surface area contributed by atoms with Crippen LogP contribution in [0.5, 0.6) is 23.0 Å². The Balaban J connectivity index is 1.52. The molecular formula is C34H48N2O6. The molecule has 0 saturated carbocycles. The zero-order chi connectivity index (χ0) is 30.0. The highest BCUT2D eigenvalue weighted by molar-refractivity contribution is 5.69. The quantitative estimate of drug-likeness (QED) is 0.331. The molecule has 0 bridgehead atoms. The van der Waals surface area contributed by atoms with Crippen LogP contribution in [0.3, 0.4) is 0 Å². The summed E-state index contributed by atoms with van der Waals surface area (Å²) in [7, 11) is 6.75. The van der Waals surface area contributed by atoms with Crippen LogP contribution in [-0.4, -0.2) is 70.1 Å². The Labute approximate surface area is 251 Å². The molecule has 0 unspecified atom stereocenters. The first-order valence-electron chi connectivity index (χ1n) is 15.5. The summed E-state index contributed by atoms with van der Waals surface area (Å²) < 4.78 is 28.5. The van der Waals surface area contributed by atoms with Gasteiger partial charge in [0, 0.05) is 25.7 Å². The van der Waals surface area contributed by atoms with E-state index < -0.39 is 0 Å². The van der Waals surface area contributed by atoms with Gasteiger partial charge in [-0.05, 0) is 104 Å². The summed E-state index contributed by atoms with van der Waals surface area (Å²) in [5.74, 6) is 4.00. The number of carbonyl (C=O) groups is 1. The third-order valence-electron chi connectivity index (χ3n) is 9.53. The summed E-state index contributed by atoms with van der Waals surface area (Å²) in [6.07, 6.45) is 5.61. The number of rotatable bonds is 9. The van der Waals surface area contributed by atoms with Crippen molar-refractivity contribution in [3.63, 3.8) is 0 Å². The first-order valence-corrected chi connectivity index (χ1v) is 15.5. The standard InChI is InChI=1S/C34H48N2O6/c1-8-9-24-20-35-12-10-22-16-30(38-4)32(40-6)18-26(22)28(35)14-25(24)15-29-27-19-33(41-7)31(39-5)17-23(27)11-13-36(29)34(37)42-21(2)3/h16-19,21,24-25,28-29H,8-15,20H2,1-7H3/t24-,25+,28-,29+/m0/s1. The summed E-state index contributed by atoms with van der Waals surface area (Å²) >= 11 is 0. The maximum atomic E-state index is 13.5. The molecule has 0 N–H and O–H groups in total. The SMILES string of the molecule is CCC[C@H]1CN2CCc3cc(OC)c(OC)cc3[C@@H]2C[C@@H]1C[C@@H]1c2cc(OC)c(OC)cc2CCN1C(=O)OC(C)C. The third-order valence-corrected chi connectivity index (χ3v) is 9.53. The Kier molecular flexibility index (Phi) is 9.41. The van der Waals surface area contributed by atoms with Gasteiger partial charge in [-0.25, -0.2) is 4.79 Å². The number of amides is 1. The lowest BCUT2D eigenvalue weighted by atomic mass is 9.71. The smallest absolute Gasteiger partial charge is 0.410 e. The van der Waals surface area contributed by atoms with E-state index in [0.717, 1.165) is 68.0 Å². The molecule has 8 heteroatoms. The van der Waals surface area contributed by atoms with E-state index in [4.69, 9.17) is 23.7 Å². The number of carbonyl (C=O) groups excluding carboxylic acids is 1. The highest BCUT2D eigenvalue weighted by Crippen LogP contribution is 2.49. The molecule has 1 amide bonds. The van der Waals surface area contributed by atoms with E-state index in [1.807, 2.05) is 18.7 Å². The van der Waals surface area contributed by atoms with Gasteiger partial charge in [-0.15, -0.1) is 0 Å². The monoisotopic (exact) mass is 580 g/mol. The van der Waals surface area contributed by atoms with E-state index in [2.05, 4.69) is 36.1 Å². The second kappa shape index (κ2) is 13.0. The normalized spacial score (nSPS) is 23.5. The average molecular weight is 581 g/mol. The van der Waals surface area contributed by atoms with Gasteiger partial charge >= 0.3 is 6.09 Å². The Bertz CT molecular complexity index is 1260. The van der Waals surface area contributed by atoms with E-state index >= 15 is 0 Å². The number of hydrogen-bond acceptors (Lipinski definition) is 7. The number of hydrogen-bond donors (Lipinski definition) is 0. The molecule has 2 aromatic rings. The Hall–Kier alpha value is -3.13. The van der Waals surface area contributed by atoms with E-state index in [9.17, 15) is 4.79 Å². The second-order valence-electron chi connectivity index (χ2n) is 12.2.